The molecule has 4 rings (SSSR count). The van der Waals surface area contributed by atoms with Crippen LogP contribution in [0, 0.1) is 11.8 Å². The molecule has 2 saturated heterocycles. The minimum atomic E-state index is -0.211. The Labute approximate surface area is 168 Å². The Kier molecular flexibility index (Phi) is 6.22. The van der Waals surface area contributed by atoms with Crippen LogP contribution in [0.15, 0.2) is 33.5 Å². The Hall–Kier alpha value is -1.59. The molecule has 3 heterocycles. The zero-order valence-corrected chi connectivity index (χ0v) is 17.5. The maximum absolute atomic E-state index is 12.7. The molecule has 5 heteroatoms. The van der Waals surface area contributed by atoms with E-state index in [1.165, 1.54) is 38.8 Å². The van der Waals surface area contributed by atoms with Crippen molar-refractivity contribution in [3.63, 3.8) is 0 Å². The van der Waals surface area contributed by atoms with Crippen LogP contribution in [-0.2, 0) is 0 Å². The number of likely N-dealkylation sites (tertiary alicyclic amines) is 2. The number of benzene rings is 1. The molecule has 1 aromatic carbocycles. The number of para-hydroxylation sites is 2. The van der Waals surface area contributed by atoms with Crippen LogP contribution < -0.4 is 5.76 Å². The average Bonchev–Trinajstić information content (AvgIpc) is 3.03. The Morgan fingerprint density at radius 2 is 1.64 bits per heavy atom. The van der Waals surface area contributed by atoms with Crippen LogP contribution in [0.5, 0.6) is 0 Å². The molecule has 1 atom stereocenters. The third kappa shape index (κ3) is 4.36. The summed E-state index contributed by atoms with van der Waals surface area (Å²) in [6, 6.07) is 7.85. The monoisotopic (exact) mass is 385 g/mol. The molecule has 154 valence electrons. The van der Waals surface area contributed by atoms with Crippen LogP contribution >= 0.6 is 0 Å². The fourth-order valence-electron chi connectivity index (χ4n) is 4.85. The van der Waals surface area contributed by atoms with Crippen LogP contribution in [0.2, 0.25) is 0 Å². The molecule has 0 saturated carbocycles. The van der Waals surface area contributed by atoms with Crippen molar-refractivity contribution in [2.75, 3.05) is 32.7 Å². The topological polar surface area (TPSA) is 41.6 Å². The van der Waals surface area contributed by atoms with Crippen LogP contribution in [0.1, 0.15) is 58.5 Å². The zero-order chi connectivity index (χ0) is 19.5. The van der Waals surface area contributed by atoms with Gasteiger partial charge in [-0.3, -0.25) is 9.47 Å². The molecule has 1 unspecified atom stereocenters. The van der Waals surface area contributed by atoms with Gasteiger partial charge in [-0.1, -0.05) is 26.0 Å². The van der Waals surface area contributed by atoms with Gasteiger partial charge in [-0.2, -0.15) is 0 Å². The summed E-state index contributed by atoms with van der Waals surface area (Å²) < 4.78 is 7.49. The molecule has 2 aromatic rings. The third-order valence-electron chi connectivity index (χ3n) is 6.87. The van der Waals surface area contributed by atoms with E-state index in [0.29, 0.717) is 5.58 Å². The first kappa shape index (κ1) is 19.7. The minimum Gasteiger partial charge on any atom is -0.408 e. The number of rotatable bonds is 6. The number of hydrogen-bond acceptors (Lipinski definition) is 4. The van der Waals surface area contributed by atoms with Gasteiger partial charge < -0.3 is 9.32 Å². The molecule has 1 aromatic heterocycles. The molecule has 2 aliphatic rings. The summed E-state index contributed by atoms with van der Waals surface area (Å²) in [5, 5.41) is 0. The van der Waals surface area contributed by atoms with E-state index >= 15 is 0 Å². The lowest BCUT2D eigenvalue weighted by molar-refractivity contribution is 0.0796. The molecule has 28 heavy (non-hydrogen) atoms. The van der Waals surface area contributed by atoms with Crippen molar-refractivity contribution in [3.8, 4) is 0 Å². The number of aromatic nitrogens is 1. The molecular weight excluding hydrogens is 350 g/mol. The number of piperidine rings is 2. The Balaban J connectivity index is 1.50. The Morgan fingerprint density at radius 1 is 1.00 bits per heavy atom. The predicted octanol–water partition coefficient (Wildman–Crippen LogP) is 4.34. The summed E-state index contributed by atoms with van der Waals surface area (Å²) in [6.45, 7) is 10.4. The van der Waals surface area contributed by atoms with E-state index in [0.717, 1.165) is 49.8 Å². The molecule has 0 bridgehead atoms. The minimum absolute atomic E-state index is 0.104. The van der Waals surface area contributed by atoms with Gasteiger partial charge in [0, 0.05) is 13.1 Å². The molecule has 0 amide bonds. The molecule has 2 fully saturated rings. The summed E-state index contributed by atoms with van der Waals surface area (Å²) >= 11 is 0. The van der Waals surface area contributed by atoms with Gasteiger partial charge >= 0.3 is 5.76 Å². The maximum Gasteiger partial charge on any atom is 0.421 e. The van der Waals surface area contributed by atoms with Gasteiger partial charge in [0.15, 0.2) is 5.58 Å². The van der Waals surface area contributed by atoms with E-state index in [-0.39, 0.29) is 11.9 Å². The van der Waals surface area contributed by atoms with Gasteiger partial charge in [-0.05, 0) is 82.1 Å². The molecule has 0 radical (unpaired) electrons. The molecule has 0 aliphatic carbocycles. The Morgan fingerprint density at radius 3 is 2.36 bits per heavy atom. The maximum atomic E-state index is 12.7. The number of fused-ring (bicyclic) bond motifs is 1. The standard InChI is InChI=1S/C23H35N3O2/c1-18-9-14-24(15-10-18)13-5-8-22(25-16-11-19(2)12-17-25)26-20-6-3-4-7-21(20)28-23(26)27/h3-4,6-7,18-19,22H,5,8-17H2,1-2H3. The first-order valence-corrected chi connectivity index (χ1v) is 11.2. The average molecular weight is 386 g/mol. The van der Waals surface area contributed by atoms with E-state index in [1.807, 2.05) is 28.8 Å². The second-order valence-electron chi connectivity index (χ2n) is 9.07. The van der Waals surface area contributed by atoms with Gasteiger partial charge in [0.25, 0.3) is 0 Å². The second-order valence-corrected chi connectivity index (χ2v) is 9.07. The highest BCUT2D eigenvalue weighted by Crippen LogP contribution is 2.28. The fourth-order valence-corrected chi connectivity index (χ4v) is 4.85. The summed E-state index contributed by atoms with van der Waals surface area (Å²) in [5.74, 6) is 1.44. The molecule has 2 aliphatic heterocycles. The van der Waals surface area contributed by atoms with E-state index in [1.54, 1.807) is 0 Å². The summed E-state index contributed by atoms with van der Waals surface area (Å²) in [6.07, 6.45) is 7.29. The molecule has 5 nitrogen and oxygen atoms in total. The van der Waals surface area contributed by atoms with Gasteiger partial charge in [0.2, 0.25) is 0 Å². The highest BCUT2D eigenvalue weighted by Gasteiger charge is 2.28. The zero-order valence-electron chi connectivity index (χ0n) is 17.5. The highest BCUT2D eigenvalue weighted by molar-refractivity contribution is 5.72. The van der Waals surface area contributed by atoms with E-state index in [4.69, 9.17) is 4.42 Å². The van der Waals surface area contributed by atoms with Crippen molar-refractivity contribution in [1.82, 2.24) is 14.4 Å². The van der Waals surface area contributed by atoms with Crippen molar-refractivity contribution < 1.29 is 4.42 Å². The molecule has 0 N–H and O–H groups in total. The van der Waals surface area contributed by atoms with Gasteiger partial charge in [-0.25, -0.2) is 4.79 Å². The van der Waals surface area contributed by atoms with E-state index in [2.05, 4.69) is 23.6 Å². The first-order valence-electron chi connectivity index (χ1n) is 11.2. The fraction of sp³-hybridized carbons (Fsp3) is 0.696. The molecular formula is C23H35N3O2. The van der Waals surface area contributed by atoms with Crippen molar-refractivity contribution >= 4 is 11.1 Å². The quantitative estimate of drug-likeness (QED) is 0.742. The lowest BCUT2D eigenvalue weighted by atomic mass is 9.98. The van der Waals surface area contributed by atoms with Crippen LogP contribution in [-0.4, -0.2) is 47.1 Å². The first-order chi connectivity index (χ1) is 13.6. The third-order valence-corrected chi connectivity index (χ3v) is 6.87. The number of nitrogens with zero attached hydrogens (tertiary/aromatic N) is 3. The van der Waals surface area contributed by atoms with Crippen molar-refractivity contribution in [2.24, 2.45) is 11.8 Å². The lowest BCUT2D eigenvalue weighted by Crippen LogP contribution is -2.42. The number of oxazole rings is 1. The normalized spacial score (nSPS) is 22.1. The smallest absolute Gasteiger partial charge is 0.408 e. The summed E-state index contributed by atoms with van der Waals surface area (Å²) in [7, 11) is 0. The van der Waals surface area contributed by atoms with Crippen LogP contribution in [0.3, 0.4) is 0 Å². The van der Waals surface area contributed by atoms with E-state index < -0.39 is 0 Å². The molecule has 0 spiro atoms. The Bertz CT molecular complexity index is 811. The highest BCUT2D eigenvalue weighted by atomic mass is 16.4. The van der Waals surface area contributed by atoms with Crippen LogP contribution in [0.4, 0.5) is 0 Å². The van der Waals surface area contributed by atoms with Crippen molar-refractivity contribution in [2.45, 2.75) is 58.5 Å². The SMILES string of the molecule is CC1CCN(CCCC(N2CCC(C)CC2)n2c(=O)oc3ccccc32)CC1. The van der Waals surface area contributed by atoms with E-state index in [9.17, 15) is 4.79 Å². The predicted molar refractivity (Wildman–Crippen MR) is 114 cm³/mol. The van der Waals surface area contributed by atoms with Gasteiger partial charge in [0.05, 0.1) is 11.7 Å². The lowest BCUT2D eigenvalue weighted by Gasteiger charge is -2.37. The second kappa shape index (κ2) is 8.83. The largest absolute Gasteiger partial charge is 0.421 e. The van der Waals surface area contributed by atoms with Crippen LogP contribution in [0.25, 0.3) is 11.1 Å². The van der Waals surface area contributed by atoms with Gasteiger partial charge in [0.1, 0.15) is 0 Å². The van der Waals surface area contributed by atoms with Crippen molar-refractivity contribution in [1.29, 1.82) is 0 Å². The number of hydrogen-bond donors (Lipinski definition) is 0. The van der Waals surface area contributed by atoms with Gasteiger partial charge in [-0.15, -0.1) is 0 Å². The van der Waals surface area contributed by atoms with Crippen molar-refractivity contribution in [3.05, 3.63) is 34.8 Å². The summed E-state index contributed by atoms with van der Waals surface area (Å²) in [4.78, 5) is 17.9. The summed E-state index contributed by atoms with van der Waals surface area (Å²) in [5.41, 5.74) is 1.64.